The van der Waals surface area contributed by atoms with E-state index in [9.17, 15) is 13.6 Å². The lowest BCUT2D eigenvalue weighted by Crippen LogP contribution is -2.45. The SMILES string of the molecule is CCCC1=C(C(=O)OC)[C@H](c2ccccc2OC(F)F)NC(=S)N1. The molecule has 1 aliphatic rings. The first-order chi connectivity index (χ1) is 11.5. The summed E-state index contributed by atoms with van der Waals surface area (Å²) in [6.45, 7) is -1.02. The molecular weight excluding hydrogens is 338 g/mol. The van der Waals surface area contributed by atoms with Gasteiger partial charge in [0.1, 0.15) is 5.75 Å². The molecule has 1 aliphatic heterocycles. The molecule has 0 bridgehead atoms. The van der Waals surface area contributed by atoms with Gasteiger partial charge in [-0.15, -0.1) is 0 Å². The van der Waals surface area contributed by atoms with Crippen molar-refractivity contribution in [3.05, 3.63) is 41.1 Å². The first kappa shape index (κ1) is 18.1. The van der Waals surface area contributed by atoms with Gasteiger partial charge in [0.25, 0.3) is 0 Å². The van der Waals surface area contributed by atoms with Gasteiger partial charge in [-0.2, -0.15) is 8.78 Å². The van der Waals surface area contributed by atoms with E-state index >= 15 is 0 Å². The maximum absolute atomic E-state index is 12.7. The smallest absolute Gasteiger partial charge is 0.387 e. The number of hydrogen-bond donors (Lipinski definition) is 2. The van der Waals surface area contributed by atoms with Crippen molar-refractivity contribution in [3.8, 4) is 5.75 Å². The van der Waals surface area contributed by atoms with Gasteiger partial charge in [-0.3, -0.25) is 0 Å². The van der Waals surface area contributed by atoms with Crippen molar-refractivity contribution in [1.29, 1.82) is 0 Å². The van der Waals surface area contributed by atoms with Crippen LogP contribution >= 0.6 is 12.2 Å². The normalized spacial score (nSPS) is 17.4. The Morgan fingerprint density at radius 1 is 1.38 bits per heavy atom. The van der Waals surface area contributed by atoms with Gasteiger partial charge in [0, 0.05) is 11.3 Å². The van der Waals surface area contributed by atoms with Crippen LogP contribution in [-0.4, -0.2) is 24.8 Å². The Hall–Kier alpha value is -2.22. The fourth-order valence-corrected chi connectivity index (χ4v) is 2.81. The first-order valence-electron chi connectivity index (χ1n) is 7.40. The maximum Gasteiger partial charge on any atom is 0.387 e. The zero-order chi connectivity index (χ0) is 17.7. The predicted octanol–water partition coefficient (Wildman–Crippen LogP) is 3.03. The highest BCUT2D eigenvalue weighted by Crippen LogP contribution is 2.35. The van der Waals surface area contributed by atoms with Gasteiger partial charge in [-0.1, -0.05) is 31.5 Å². The summed E-state index contributed by atoms with van der Waals surface area (Å²) in [4.78, 5) is 12.3. The van der Waals surface area contributed by atoms with Crippen LogP contribution in [0.5, 0.6) is 5.75 Å². The van der Waals surface area contributed by atoms with Crippen LogP contribution in [0.2, 0.25) is 0 Å². The molecule has 0 radical (unpaired) electrons. The van der Waals surface area contributed by atoms with Gasteiger partial charge in [-0.25, -0.2) is 4.79 Å². The van der Waals surface area contributed by atoms with E-state index < -0.39 is 18.6 Å². The lowest BCUT2D eigenvalue weighted by molar-refractivity contribution is -0.136. The van der Waals surface area contributed by atoms with E-state index in [1.54, 1.807) is 18.2 Å². The van der Waals surface area contributed by atoms with Crippen molar-refractivity contribution in [2.24, 2.45) is 0 Å². The standard InChI is InChI=1S/C16H18F2N2O3S/c1-3-6-10-12(14(21)22-2)13(20-16(24)19-10)9-7-4-5-8-11(9)23-15(17)18/h4-5,7-8,13,15H,3,6H2,1-2H3,(H2,19,20,24)/t13-/m0/s1. The van der Waals surface area contributed by atoms with Crippen molar-refractivity contribution in [2.45, 2.75) is 32.4 Å². The number of halogens is 2. The summed E-state index contributed by atoms with van der Waals surface area (Å²) >= 11 is 5.18. The molecule has 0 saturated heterocycles. The van der Waals surface area contributed by atoms with Gasteiger partial charge in [0.05, 0.1) is 18.7 Å². The number of hydrogen-bond acceptors (Lipinski definition) is 4. The summed E-state index contributed by atoms with van der Waals surface area (Å²) in [5, 5.41) is 6.20. The molecule has 1 heterocycles. The summed E-state index contributed by atoms with van der Waals surface area (Å²) < 4.78 is 34.8. The van der Waals surface area contributed by atoms with Crippen molar-refractivity contribution >= 4 is 23.3 Å². The molecule has 0 aliphatic carbocycles. The fourth-order valence-electron chi connectivity index (χ4n) is 2.57. The zero-order valence-electron chi connectivity index (χ0n) is 13.3. The highest BCUT2D eigenvalue weighted by atomic mass is 32.1. The Bertz CT molecular complexity index is 664. The van der Waals surface area contributed by atoms with Crippen LogP contribution in [-0.2, 0) is 9.53 Å². The van der Waals surface area contributed by atoms with E-state index in [2.05, 4.69) is 15.4 Å². The number of thiocarbonyl (C=S) groups is 1. The number of methoxy groups -OCH3 is 1. The number of alkyl halides is 2. The van der Waals surface area contributed by atoms with E-state index in [1.807, 2.05) is 6.92 Å². The number of benzene rings is 1. The van der Waals surface area contributed by atoms with Crippen molar-refractivity contribution in [3.63, 3.8) is 0 Å². The number of nitrogens with one attached hydrogen (secondary N) is 2. The molecule has 2 N–H and O–H groups in total. The molecule has 0 fully saturated rings. The third kappa shape index (κ3) is 4.00. The van der Waals surface area contributed by atoms with Crippen molar-refractivity contribution < 1.29 is 23.0 Å². The van der Waals surface area contributed by atoms with E-state index in [-0.39, 0.29) is 5.75 Å². The molecule has 0 unspecified atom stereocenters. The minimum absolute atomic E-state index is 0.0213. The second-order valence-electron chi connectivity index (χ2n) is 5.08. The Balaban J connectivity index is 2.55. The van der Waals surface area contributed by atoms with Gasteiger partial charge in [-0.05, 0) is 24.7 Å². The maximum atomic E-state index is 12.7. The third-order valence-electron chi connectivity index (χ3n) is 3.51. The Morgan fingerprint density at radius 2 is 2.08 bits per heavy atom. The summed E-state index contributed by atoms with van der Waals surface area (Å²) in [6, 6.07) is 5.55. The molecule has 130 valence electrons. The molecule has 1 aromatic carbocycles. The highest BCUT2D eigenvalue weighted by molar-refractivity contribution is 7.80. The molecule has 0 amide bonds. The Morgan fingerprint density at radius 3 is 2.71 bits per heavy atom. The predicted molar refractivity (Wildman–Crippen MR) is 88.6 cm³/mol. The molecule has 2 rings (SSSR count). The number of ether oxygens (including phenoxy) is 2. The molecule has 1 aromatic rings. The Kier molecular flexibility index (Phi) is 6.08. The van der Waals surface area contributed by atoms with Crippen LogP contribution in [0.4, 0.5) is 8.78 Å². The summed E-state index contributed by atoms with van der Waals surface area (Å²) in [5.74, 6) is -0.579. The largest absolute Gasteiger partial charge is 0.466 e. The number of rotatable bonds is 6. The van der Waals surface area contributed by atoms with Crippen LogP contribution in [0.25, 0.3) is 0 Å². The van der Waals surface area contributed by atoms with E-state index in [4.69, 9.17) is 17.0 Å². The van der Waals surface area contributed by atoms with E-state index in [0.29, 0.717) is 28.4 Å². The van der Waals surface area contributed by atoms with Gasteiger partial charge in [0.2, 0.25) is 0 Å². The lowest BCUT2D eigenvalue weighted by Gasteiger charge is -2.31. The number of carbonyl (C=O) groups excluding carboxylic acids is 1. The summed E-state index contributed by atoms with van der Waals surface area (Å²) in [6.07, 6.45) is 1.34. The average Bonchev–Trinajstić information content (AvgIpc) is 2.54. The van der Waals surface area contributed by atoms with E-state index in [1.165, 1.54) is 13.2 Å². The highest BCUT2D eigenvalue weighted by Gasteiger charge is 2.33. The molecular formula is C16H18F2N2O3S. The van der Waals surface area contributed by atoms with Crippen LogP contribution in [0.1, 0.15) is 31.4 Å². The van der Waals surface area contributed by atoms with Crippen LogP contribution in [0, 0.1) is 0 Å². The fraction of sp³-hybridized carbons (Fsp3) is 0.375. The summed E-state index contributed by atoms with van der Waals surface area (Å²) in [7, 11) is 1.27. The minimum Gasteiger partial charge on any atom is -0.466 e. The molecule has 5 nitrogen and oxygen atoms in total. The first-order valence-corrected chi connectivity index (χ1v) is 7.81. The van der Waals surface area contributed by atoms with Gasteiger partial charge >= 0.3 is 12.6 Å². The minimum atomic E-state index is -2.97. The number of para-hydroxylation sites is 1. The molecule has 0 spiro atoms. The van der Waals surface area contributed by atoms with Gasteiger partial charge in [0.15, 0.2) is 5.11 Å². The number of carbonyl (C=O) groups is 1. The van der Waals surface area contributed by atoms with E-state index in [0.717, 1.165) is 6.42 Å². The molecule has 0 saturated carbocycles. The molecule has 0 aromatic heterocycles. The quantitative estimate of drug-likeness (QED) is 0.604. The third-order valence-corrected chi connectivity index (χ3v) is 3.72. The van der Waals surface area contributed by atoms with Crippen LogP contribution in [0.3, 0.4) is 0 Å². The zero-order valence-corrected chi connectivity index (χ0v) is 14.1. The molecule has 1 atom stereocenters. The molecule has 8 heteroatoms. The van der Waals surface area contributed by atoms with Crippen LogP contribution in [0.15, 0.2) is 35.5 Å². The second kappa shape index (κ2) is 8.05. The van der Waals surface area contributed by atoms with Crippen molar-refractivity contribution in [1.82, 2.24) is 10.6 Å². The van der Waals surface area contributed by atoms with Crippen molar-refractivity contribution in [2.75, 3.05) is 7.11 Å². The Labute approximate surface area is 144 Å². The topological polar surface area (TPSA) is 59.6 Å². The molecule has 24 heavy (non-hydrogen) atoms. The number of esters is 1. The second-order valence-corrected chi connectivity index (χ2v) is 5.49. The lowest BCUT2D eigenvalue weighted by atomic mass is 9.93. The summed E-state index contributed by atoms with van der Waals surface area (Å²) in [5.41, 5.74) is 1.30. The van der Waals surface area contributed by atoms with Crippen LogP contribution < -0.4 is 15.4 Å². The monoisotopic (exact) mass is 356 g/mol. The van der Waals surface area contributed by atoms with Gasteiger partial charge < -0.3 is 20.1 Å². The number of allylic oxidation sites excluding steroid dienone is 1. The average molecular weight is 356 g/mol.